The maximum Gasteiger partial charge on any atom is 0.142 e. The molecule has 1 aromatic rings. The van der Waals surface area contributed by atoms with Crippen molar-refractivity contribution >= 4 is 6.34 Å². The van der Waals surface area contributed by atoms with Crippen molar-refractivity contribution in [2.75, 3.05) is 14.1 Å². The van der Waals surface area contributed by atoms with E-state index in [2.05, 4.69) is 11.1 Å². The molecule has 0 unspecified atom stereocenters. The van der Waals surface area contributed by atoms with Gasteiger partial charge in [0.25, 0.3) is 0 Å². The molecule has 0 amide bonds. The van der Waals surface area contributed by atoms with Gasteiger partial charge < -0.3 is 4.90 Å². The van der Waals surface area contributed by atoms with Gasteiger partial charge >= 0.3 is 0 Å². The van der Waals surface area contributed by atoms with Crippen LogP contribution in [0.15, 0.2) is 35.3 Å². The van der Waals surface area contributed by atoms with Crippen LogP contribution in [0.4, 0.5) is 0 Å². The van der Waals surface area contributed by atoms with Crippen LogP contribution in [0.2, 0.25) is 0 Å². The highest BCUT2D eigenvalue weighted by Gasteiger charge is 2.04. The summed E-state index contributed by atoms with van der Waals surface area (Å²) >= 11 is 0. The van der Waals surface area contributed by atoms with E-state index in [1.807, 2.05) is 49.3 Å². The Morgan fingerprint density at radius 2 is 2.07 bits per heavy atom. The monoisotopic (exact) mass is 201 g/mol. The number of hydrogen-bond acceptors (Lipinski definition) is 2. The zero-order chi connectivity index (χ0) is 11.1. The average molecular weight is 201 g/mol. The Labute approximate surface area is 90.7 Å². The quantitative estimate of drug-likeness (QED) is 0.549. The van der Waals surface area contributed by atoms with Crippen molar-refractivity contribution in [3.05, 3.63) is 35.9 Å². The van der Waals surface area contributed by atoms with Gasteiger partial charge in [-0.15, -0.1) is 0 Å². The molecule has 78 valence electrons. The molecule has 0 fully saturated rings. The summed E-state index contributed by atoms with van der Waals surface area (Å²) in [4.78, 5) is 6.01. The minimum Gasteiger partial charge on any atom is -0.369 e. The molecule has 3 heteroatoms. The molecule has 0 aromatic heterocycles. The highest BCUT2D eigenvalue weighted by atomic mass is 15.1. The van der Waals surface area contributed by atoms with Crippen molar-refractivity contribution in [3.8, 4) is 6.07 Å². The van der Waals surface area contributed by atoms with Gasteiger partial charge in [-0.3, -0.25) is 4.99 Å². The van der Waals surface area contributed by atoms with E-state index >= 15 is 0 Å². The molecule has 0 N–H and O–H groups in total. The van der Waals surface area contributed by atoms with Crippen molar-refractivity contribution in [1.82, 2.24) is 4.90 Å². The Morgan fingerprint density at radius 3 is 2.60 bits per heavy atom. The number of aliphatic imine (C=N–C) groups is 1. The molecule has 3 nitrogen and oxygen atoms in total. The summed E-state index contributed by atoms with van der Waals surface area (Å²) in [5.74, 6) is 0. The van der Waals surface area contributed by atoms with E-state index in [9.17, 15) is 0 Å². The van der Waals surface area contributed by atoms with Gasteiger partial charge in [-0.2, -0.15) is 5.26 Å². The van der Waals surface area contributed by atoms with Gasteiger partial charge in [0.15, 0.2) is 0 Å². The van der Waals surface area contributed by atoms with Crippen molar-refractivity contribution in [2.24, 2.45) is 4.99 Å². The standard InChI is InChI=1S/C12H15N3/c1-15(2)10-14-12(9-13)8-11-6-4-3-5-7-11/h3-7,10,12H,8H2,1-2H3/t12-/m0/s1. The molecule has 0 saturated heterocycles. The van der Waals surface area contributed by atoms with Crippen molar-refractivity contribution in [3.63, 3.8) is 0 Å². The van der Waals surface area contributed by atoms with Crippen LogP contribution >= 0.6 is 0 Å². The van der Waals surface area contributed by atoms with Crippen LogP contribution < -0.4 is 0 Å². The summed E-state index contributed by atoms with van der Waals surface area (Å²) in [6.45, 7) is 0. The van der Waals surface area contributed by atoms with E-state index in [1.54, 1.807) is 6.34 Å². The van der Waals surface area contributed by atoms with E-state index in [0.29, 0.717) is 6.42 Å². The van der Waals surface area contributed by atoms with E-state index in [0.717, 1.165) is 5.56 Å². The largest absolute Gasteiger partial charge is 0.369 e. The van der Waals surface area contributed by atoms with Crippen LogP contribution in [0.5, 0.6) is 0 Å². The summed E-state index contributed by atoms with van der Waals surface area (Å²) < 4.78 is 0. The minimum atomic E-state index is -0.296. The minimum absolute atomic E-state index is 0.296. The smallest absolute Gasteiger partial charge is 0.142 e. The number of rotatable bonds is 4. The van der Waals surface area contributed by atoms with Gasteiger partial charge in [0.1, 0.15) is 6.04 Å². The lowest BCUT2D eigenvalue weighted by Gasteiger charge is -2.06. The lowest BCUT2D eigenvalue weighted by Crippen LogP contribution is -2.13. The summed E-state index contributed by atoms with van der Waals surface area (Å²) in [5, 5.41) is 8.92. The van der Waals surface area contributed by atoms with Crippen LogP contribution in [0, 0.1) is 11.3 Å². The number of nitrogens with zero attached hydrogens (tertiary/aromatic N) is 3. The first kappa shape index (κ1) is 11.3. The predicted molar refractivity (Wildman–Crippen MR) is 61.7 cm³/mol. The fourth-order valence-electron chi connectivity index (χ4n) is 1.18. The highest BCUT2D eigenvalue weighted by molar-refractivity contribution is 5.54. The third kappa shape index (κ3) is 4.28. The van der Waals surface area contributed by atoms with Crippen molar-refractivity contribution in [2.45, 2.75) is 12.5 Å². The first-order valence-electron chi connectivity index (χ1n) is 4.85. The Morgan fingerprint density at radius 1 is 1.40 bits per heavy atom. The second kappa shape index (κ2) is 5.82. The van der Waals surface area contributed by atoms with Crippen molar-refractivity contribution < 1.29 is 0 Å². The van der Waals surface area contributed by atoms with E-state index in [4.69, 9.17) is 5.26 Å². The van der Waals surface area contributed by atoms with Crippen LogP contribution in [0.1, 0.15) is 5.56 Å². The third-order valence-corrected chi connectivity index (χ3v) is 1.90. The molecular formula is C12H15N3. The Balaban J connectivity index is 2.60. The van der Waals surface area contributed by atoms with Crippen molar-refractivity contribution in [1.29, 1.82) is 5.26 Å². The maximum atomic E-state index is 8.92. The zero-order valence-corrected chi connectivity index (χ0v) is 9.09. The fourth-order valence-corrected chi connectivity index (χ4v) is 1.18. The van der Waals surface area contributed by atoms with Gasteiger partial charge in [-0.05, 0) is 5.56 Å². The molecule has 0 aliphatic rings. The molecule has 1 rings (SSSR count). The van der Waals surface area contributed by atoms with Crippen LogP contribution in [-0.2, 0) is 6.42 Å². The Hall–Kier alpha value is -1.82. The summed E-state index contributed by atoms with van der Waals surface area (Å²) in [6.07, 6.45) is 2.35. The molecule has 1 aromatic carbocycles. The van der Waals surface area contributed by atoms with Gasteiger partial charge in [0.2, 0.25) is 0 Å². The van der Waals surface area contributed by atoms with E-state index in [-0.39, 0.29) is 6.04 Å². The maximum absolute atomic E-state index is 8.92. The molecule has 0 spiro atoms. The van der Waals surface area contributed by atoms with E-state index < -0.39 is 0 Å². The first-order valence-corrected chi connectivity index (χ1v) is 4.85. The lowest BCUT2D eigenvalue weighted by molar-refractivity contribution is 0.633. The molecule has 0 radical (unpaired) electrons. The molecule has 0 aliphatic heterocycles. The zero-order valence-electron chi connectivity index (χ0n) is 9.09. The van der Waals surface area contributed by atoms with Gasteiger partial charge in [-0.1, -0.05) is 30.3 Å². The van der Waals surface area contributed by atoms with Gasteiger partial charge in [0.05, 0.1) is 12.4 Å². The second-order valence-electron chi connectivity index (χ2n) is 3.56. The second-order valence-corrected chi connectivity index (χ2v) is 3.56. The lowest BCUT2D eigenvalue weighted by atomic mass is 10.1. The van der Waals surface area contributed by atoms with Crippen LogP contribution in [0.25, 0.3) is 0 Å². The number of hydrogen-bond donors (Lipinski definition) is 0. The SMILES string of the molecule is CN(C)C=N[C@H](C#N)Cc1ccccc1. The number of benzene rings is 1. The molecule has 1 atom stereocenters. The molecule has 0 aliphatic carbocycles. The Kier molecular flexibility index (Phi) is 4.36. The summed E-state index contributed by atoms with van der Waals surface area (Å²) in [6, 6.07) is 11.8. The average Bonchev–Trinajstić information content (AvgIpc) is 2.25. The van der Waals surface area contributed by atoms with Gasteiger partial charge in [-0.25, -0.2) is 0 Å². The normalized spacial score (nSPS) is 12.3. The molecule has 0 saturated carbocycles. The van der Waals surface area contributed by atoms with Crippen LogP contribution in [0.3, 0.4) is 0 Å². The fraction of sp³-hybridized carbons (Fsp3) is 0.333. The predicted octanol–water partition coefficient (Wildman–Crippen LogP) is 1.71. The topological polar surface area (TPSA) is 39.4 Å². The first-order chi connectivity index (χ1) is 7.22. The molecule has 15 heavy (non-hydrogen) atoms. The molecule has 0 bridgehead atoms. The summed E-state index contributed by atoms with van der Waals surface area (Å²) in [7, 11) is 3.78. The highest BCUT2D eigenvalue weighted by Crippen LogP contribution is 2.04. The van der Waals surface area contributed by atoms with E-state index in [1.165, 1.54) is 0 Å². The Bertz CT molecular complexity index is 349. The third-order valence-electron chi connectivity index (χ3n) is 1.90. The molecular weight excluding hydrogens is 186 g/mol. The van der Waals surface area contributed by atoms with Gasteiger partial charge in [0, 0.05) is 20.5 Å². The number of nitriles is 1. The summed E-state index contributed by atoms with van der Waals surface area (Å²) in [5.41, 5.74) is 1.14. The molecule has 0 heterocycles. The van der Waals surface area contributed by atoms with Crippen LogP contribution in [-0.4, -0.2) is 31.4 Å².